The van der Waals surface area contributed by atoms with Crippen molar-refractivity contribution < 1.29 is 21.6 Å². The average molecular weight is 214 g/mol. The first-order valence-corrected chi connectivity index (χ1v) is 6.58. The molecule has 0 fully saturated rings. The first-order chi connectivity index (χ1) is 5.28. The summed E-state index contributed by atoms with van der Waals surface area (Å²) in [6, 6.07) is 0. The van der Waals surface area contributed by atoms with Gasteiger partial charge in [0, 0.05) is 0 Å². The van der Waals surface area contributed by atoms with E-state index in [0.717, 1.165) is 0 Å². The molecule has 0 heterocycles. The second-order valence-corrected chi connectivity index (χ2v) is 6.67. The fraction of sp³-hybridized carbons (Fsp3) is 0.800. The van der Waals surface area contributed by atoms with Gasteiger partial charge in [-0.1, -0.05) is 13.8 Å². The summed E-state index contributed by atoms with van der Waals surface area (Å²) in [7, 11) is -8.19. The summed E-state index contributed by atoms with van der Waals surface area (Å²) >= 11 is 0. The van der Waals surface area contributed by atoms with Crippen molar-refractivity contribution in [3.05, 3.63) is 0 Å². The van der Waals surface area contributed by atoms with Crippen molar-refractivity contribution in [3.63, 3.8) is 0 Å². The van der Waals surface area contributed by atoms with Gasteiger partial charge in [0.15, 0.2) is 0 Å². The molecular weight excluding hydrogens is 204 g/mol. The molecule has 0 amide bonds. The van der Waals surface area contributed by atoms with E-state index in [9.17, 15) is 21.6 Å². The van der Waals surface area contributed by atoms with Gasteiger partial charge in [-0.3, -0.25) is 4.79 Å². The lowest BCUT2D eigenvalue weighted by Crippen LogP contribution is -2.25. The van der Waals surface area contributed by atoms with E-state index in [2.05, 4.69) is 0 Å². The molecule has 0 aromatic rings. The molecule has 0 saturated carbocycles. The van der Waals surface area contributed by atoms with Gasteiger partial charge in [-0.2, -0.15) is 0 Å². The standard InChI is InChI=1S/C5H10O5S2/c1-3-11(7,8)5(6)12(9,10)4-2/h3-4H2,1-2H3. The third kappa shape index (κ3) is 2.28. The molecule has 0 atom stereocenters. The third-order valence-electron chi connectivity index (χ3n) is 1.27. The molecule has 7 heteroatoms. The monoisotopic (exact) mass is 214 g/mol. The van der Waals surface area contributed by atoms with E-state index in [-0.39, 0.29) is 0 Å². The molecule has 0 rings (SSSR count). The van der Waals surface area contributed by atoms with Crippen LogP contribution in [0.25, 0.3) is 0 Å². The third-order valence-corrected chi connectivity index (χ3v) is 5.33. The van der Waals surface area contributed by atoms with Gasteiger partial charge in [0.25, 0.3) is 0 Å². The lowest BCUT2D eigenvalue weighted by molar-refractivity contribution is 0.273. The molecular formula is C5H10O5S2. The Balaban J connectivity index is 5.16. The normalized spacial score (nSPS) is 12.8. The first-order valence-electron chi connectivity index (χ1n) is 3.27. The van der Waals surface area contributed by atoms with Crippen LogP contribution in [0.15, 0.2) is 0 Å². The molecule has 0 aliphatic rings. The van der Waals surface area contributed by atoms with Gasteiger partial charge < -0.3 is 0 Å². The summed E-state index contributed by atoms with van der Waals surface area (Å²) in [5, 5.41) is 0. The minimum absolute atomic E-state index is 0.481. The highest BCUT2D eigenvalue weighted by atomic mass is 32.3. The molecule has 0 aromatic heterocycles. The number of rotatable bonds is 2. The number of hydrogen-bond donors (Lipinski definition) is 0. The lowest BCUT2D eigenvalue weighted by atomic mass is 11.0. The summed E-state index contributed by atoms with van der Waals surface area (Å²) in [6.45, 7) is 2.44. The van der Waals surface area contributed by atoms with E-state index in [1.165, 1.54) is 13.8 Å². The van der Waals surface area contributed by atoms with Crippen molar-refractivity contribution in [2.75, 3.05) is 11.5 Å². The van der Waals surface area contributed by atoms with Crippen LogP contribution in [0, 0.1) is 0 Å². The number of carbonyl (C=O) groups is 1. The quantitative estimate of drug-likeness (QED) is 0.644. The van der Waals surface area contributed by atoms with E-state index in [1.54, 1.807) is 0 Å². The van der Waals surface area contributed by atoms with Crippen LogP contribution in [0.2, 0.25) is 0 Å². The van der Waals surface area contributed by atoms with Crippen molar-refractivity contribution >= 4 is 24.1 Å². The fourth-order valence-corrected chi connectivity index (χ4v) is 3.16. The highest BCUT2D eigenvalue weighted by Crippen LogP contribution is 2.03. The van der Waals surface area contributed by atoms with Crippen LogP contribution in [0.4, 0.5) is 4.79 Å². The fourth-order valence-electron chi connectivity index (χ4n) is 0.429. The van der Waals surface area contributed by atoms with Crippen molar-refractivity contribution in [2.24, 2.45) is 0 Å². The van der Waals surface area contributed by atoms with Gasteiger partial charge >= 0.3 is 4.45 Å². The molecule has 0 aliphatic carbocycles. The van der Waals surface area contributed by atoms with E-state index in [4.69, 9.17) is 0 Å². The van der Waals surface area contributed by atoms with Crippen molar-refractivity contribution in [3.8, 4) is 0 Å². The van der Waals surface area contributed by atoms with Crippen molar-refractivity contribution in [1.29, 1.82) is 0 Å². The summed E-state index contributed by atoms with van der Waals surface area (Å²) in [4.78, 5) is 10.8. The van der Waals surface area contributed by atoms with Crippen LogP contribution in [0.3, 0.4) is 0 Å². The molecule has 0 bridgehead atoms. The van der Waals surface area contributed by atoms with Gasteiger partial charge in [0.1, 0.15) is 0 Å². The Hall–Kier alpha value is -0.430. The van der Waals surface area contributed by atoms with Gasteiger partial charge in [-0.15, -0.1) is 0 Å². The van der Waals surface area contributed by atoms with Gasteiger partial charge in [0.05, 0.1) is 11.5 Å². The van der Waals surface area contributed by atoms with Gasteiger partial charge in [0.2, 0.25) is 19.7 Å². The van der Waals surface area contributed by atoms with Crippen LogP contribution in [-0.2, 0) is 19.7 Å². The van der Waals surface area contributed by atoms with Crippen LogP contribution in [0.1, 0.15) is 13.8 Å². The predicted molar refractivity (Wildman–Crippen MR) is 44.3 cm³/mol. The zero-order valence-electron chi connectivity index (χ0n) is 6.77. The molecule has 0 radical (unpaired) electrons. The van der Waals surface area contributed by atoms with Crippen LogP contribution in [-0.4, -0.2) is 32.8 Å². The van der Waals surface area contributed by atoms with Crippen molar-refractivity contribution in [2.45, 2.75) is 13.8 Å². The highest BCUT2D eigenvalue weighted by molar-refractivity contribution is 8.30. The summed E-state index contributed by atoms with van der Waals surface area (Å²) in [6.07, 6.45) is 0. The first kappa shape index (κ1) is 11.6. The van der Waals surface area contributed by atoms with E-state index < -0.39 is 35.6 Å². The molecule has 0 N–H and O–H groups in total. The van der Waals surface area contributed by atoms with Crippen LogP contribution < -0.4 is 0 Å². The zero-order chi connectivity index (χ0) is 9.99. The van der Waals surface area contributed by atoms with Gasteiger partial charge in [-0.25, -0.2) is 16.8 Å². The van der Waals surface area contributed by atoms with Crippen molar-refractivity contribution in [1.82, 2.24) is 0 Å². The molecule has 0 aromatic carbocycles. The maximum Gasteiger partial charge on any atom is 0.359 e. The van der Waals surface area contributed by atoms with E-state index >= 15 is 0 Å². The number of sulfone groups is 2. The minimum Gasteiger partial charge on any atom is -0.263 e. The van der Waals surface area contributed by atoms with E-state index in [1.807, 2.05) is 0 Å². The van der Waals surface area contributed by atoms with Gasteiger partial charge in [-0.05, 0) is 0 Å². The highest BCUT2D eigenvalue weighted by Gasteiger charge is 2.31. The summed E-state index contributed by atoms with van der Waals surface area (Å²) in [5.41, 5.74) is 0. The second kappa shape index (κ2) is 3.53. The lowest BCUT2D eigenvalue weighted by Gasteiger charge is -1.98. The Labute approximate surface area is 71.6 Å². The Morgan fingerprint density at radius 3 is 1.33 bits per heavy atom. The maximum atomic E-state index is 10.8. The molecule has 0 unspecified atom stereocenters. The van der Waals surface area contributed by atoms with E-state index in [0.29, 0.717) is 0 Å². The molecule has 5 nitrogen and oxygen atoms in total. The zero-order valence-corrected chi connectivity index (χ0v) is 8.40. The number of carbonyl (C=O) groups excluding carboxylic acids is 1. The maximum absolute atomic E-state index is 10.8. The van der Waals surface area contributed by atoms with Crippen LogP contribution >= 0.6 is 0 Å². The molecule has 12 heavy (non-hydrogen) atoms. The summed E-state index contributed by atoms with van der Waals surface area (Å²) < 4.78 is 41.4. The predicted octanol–water partition coefficient (Wildman–Crippen LogP) is -0.0242. The Kier molecular flexibility index (Phi) is 3.40. The van der Waals surface area contributed by atoms with Crippen LogP contribution in [0.5, 0.6) is 0 Å². The average Bonchev–Trinajstić information content (AvgIpc) is 2.03. The molecule has 0 saturated heterocycles. The largest absolute Gasteiger partial charge is 0.359 e. The summed E-state index contributed by atoms with van der Waals surface area (Å²) in [5.74, 6) is -0.962. The topological polar surface area (TPSA) is 85.3 Å². The Morgan fingerprint density at radius 1 is 0.917 bits per heavy atom. The second-order valence-electron chi connectivity index (χ2n) is 2.06. The molecule has 0 spiro atoms. The Morgan fingerprint density at radius 2 is 1.17 bits per heavy atom. The number of hydrogen-bond acceptors (Lipinski definition) is 5. The minimum atomic E-state index is -4.09. The Bertz CT molecular complexity index is 325. The molecule has 72 valence electrons. The SMILES string of the molecule is CCS(=O)(=O)C(=O)S(=O)(=O)CC. The molecule has 0 aliphatic heterocycles. The smallest absolute Gasteiger partial charge is 0.263 e.